The van der Waals surface area contributed by atoms with Crippen molar-refractivity contribution in [3.8, 4) is 11.4 Å². The average molecular weight is 469 g/mol. The van der Waals surface area contributed by atoms with Gasteiger partial charge in [-0.15, -0.1) is 24.8 Å². The van der Waals surface area contributed by atoms with Gasteiger partial charge in [0.05, 0.1) is 11.0 Å². The molecular formula is C22H24Cl2F2N4O. The van der Waals surface area contributed by atoms with Gasteiger partial charge in [0.2, 0.25) is 5.91 Å². The van der Waals surface area contributed by atoms with Gasteiger partial charge in [0.1, 0.15) is 5.82 Å². The Morgan fingerprint density at radius 3 is 2.35 bits per heavy atom. The van der Waals surface area contributed by atoms with Crippen LogP contribution in [0, 0.1) is 17.6 Å². The number of anilines is 1. The molecule has 2 aliphatic rings. The number of benzene rings is 2. The predicted molar refractivity (Wildman–Crippen MR) is 122 cm³/mol. The van der Waals surface area contributed by atoms with Crippen molar-refractivity contribution in [3.63, 3.8) is 0 Å². The molecule has 2 bridgehead atoms. The number of aromatic amines is 1. The molecule has 3 aromatic rings. The van der Waals surface area contributed by atoms with Crippen LogP contribution in [0.4, 0.5) is 14.5 Å². The van der Waals surface area contributed by atoms with Crippen LogP contribution in [0.15, 0.2) is 36.4 Å². The fourth-order valence-electron chi connectivity index (χ4n) is 4.67. The van der Waals surface area contributed by atoms with Gasteiger partial charge in [0, 0.05) is 41.9 Å². The van der Waals surface area contributed by atoms with Gasteiger partial charge in [0.25, 0.3) is 0 Å². The van der Waals surface area contributed by atoms with Gasteiger partial charge in [-0.2, -0.15) is 0 Å². The summed E-state index contributed by atoms with van der Waals surface area (Å²) in [6, 6.07) is 10.6. The molecule has 2 aliphatic heterocycles. The number of hydrogen-bond acceptors (Lipinski definition) is 3. The number of H-pyrrole nitrogens is 1. The van der Waals surface area contributed by atoms with Crippen LogP contribution >= 0.6 is 24.8 Å². The standard InChI is InChI=1S/C22H22F2N4O.2ClH/c23-17-10-19-20(11-18(17)24)28-22(27-19)13-1-3-14(4-2-13)26-21(29)9-12-7-15-5-6-16(8-12)25-15;;/h1-4,10-12,15-16,25H,5-9H2,(H,26,29)(H,27,28);2*1H. The first-order valence-electron chi connectivity index (χ1n) is 10.0. The summed E-state index contributed by atoms with van der Waals surface area (Å²) in [4.78, 5) is 19.7. The van der Waals surface area contributed by atoms with E-state index in [9.17, 15) is 13.6 Å². The van der Waals surface area contributed by atoms with Crippen molar-refractivity contribution in [2.75, 3.05) is 5.32 Å². The van der Waals surface area contributed by atoms with E-state index < -0.39 is 11.6 Å². The highest BCUT2D eigenvalue weighted by molar-refractivity contribution is 5.91. The predicted octanol–water partition coefficient (Wildman–Crippen LogP) is 5.21. The number of amides is 1. The van der Waals surface area contributed by atoms with Crippen LogP contribution in [0.2, 0.25) is 0 Å². The molecule has 0 radical (unpaired) electrons. The first-order chi connectivity index (χ1) is 14.0. The minimum atomic E-state index is -0.921. The molecule has 3 N–H and O–H groups in total. The van der Waals surface area contributed by atoms with Gasteiger partial charge < -0.3 is 15.6 Å². The molecule has 166 valence electrons. The Morgan fingerprint density at radius 1 is 1.03 bits per heavy atom. The van der Waals surface area contributed by atoms with Gasteiger partial charge in [0.15, 0.2) is 11.6 Å². The summed E-state index contributed by atoms with van der Waals surface area (Å²) in [6.45, 7) is 0. The maximum absolute atomic E-state index is 13.4. The number of imidazole rings is 1. The molecule has 5 nitrogen and oxygen atoms in total. The van der Waals surface area contributed by atoms with Crippen LogP contribution < -0.4 is 10.6 Å². The SMILES string of the molecule is Cl.Cl.O=C(CC1CC2CCC(C1)N2)Nc1ccc(-c2nc3cc(F)c(F)cc3[nH]2)cc1. The molecule has 1 aromatic heterocycles. The number of nitrogens with zero attached hydrogens (tertiary/aromatic N) is 1. The number of rotatable bonds is 4. The van der Waals surface area contributed by atoms with E-state index in [0.29, 0.717) is 41.3 Å². The molecule has 5 rings (SSSR count). The lowest BCUT2D eigenvalue weighted by Crippen LogP contribution is -2.39. The second kappa shape index (κ2) is 9.51. The molecular weight excluding hydrogens is 445 g/mol. The molecule has 0 spiro atoms. The summed E-state index contributed by atoms with van der Waals surface area (Å²) in [5.74, 6) is -0.820. The highest BCUT2D eigenvalue weighted by atomic mass is 35.5. The Hall–Kier alpha value is -2.22. The Morgan fingerprint density at radius 2 is 1.68 bits per heavy atom. The van der Waals surface area contributed by atoms with E-state index >= 15 is 0 Å². The summed E-state index contributed by atoms with van der Waals surface area (Å²) in [5, 5.41) is 6.57. The first-order valence-corrected chi connectivity index (χ1v) is 10.0. The third-order valence-electron chi connectivity index (χ3n) is 6.01. The zero-order valence-corrected chi connectivity index (χ0v) is 18.3. The zero-order chi connectivity index (χ0) is 20.0. The van der Waals surface area contributed by atoms with Gasteiger partial charge in [-0.3, -0.25) is 4.79 Å². The maximum Gasteiger partial charge on any atom is 0.224 e. The molecule has 2 atom stereocenters. The number of fused-ring (bicyclic) bond motifs is 3. The summed E-state index contributed by atoms with van der Waals surface area (Å²) in [6.07, 6.45) is 5.17. The van der Waals surface area contributed by atoms with E-state index in [1.165, 1.54) is 12.8 Å². The minimum Gasteiger partial charge on any atom is -0.338 e. The molecule has 2 saturated heterocycles. The quantitative estimate of drug-likeness (QED) is 0.492. The third kappa shape index (κ3) is 5.00. The van der Waals surface area contributed by atoms with Crippen molar-refractivity contribution in [2.45, 2.75) is 44.2 Å². The van der Waals surface area contributed by atoms with Crippen molar-refractivity contribution in [1.82, 2.24) is 15.3 Å². The fraction of sp³-hybridized carbons (Fsp3) is 0.364. The topological polar surface area (TPSA) is 69.8 Å². The lowest BCUT2D eigenvalue weighted by Gasteiger charge is -2.28. The Balaban J connectivity index is 0.00000136. The zero-order valence-electron chi connectivity index (χ0n) is 16.7. The van der Waals surface area contributed by atoms with Crippen LogP contribution in [0.5, 0.6) is 0 Å². The van der Waals surface area contributed by atoms with Crippen molar-refractivity contribution < 1.29 is 13.6 Å². The molecule has 2 fully saturated rings. The van der Waals surface area contributed by atoms with Gasteiger partial charge in [-0.1, -0.05) is 0 Å². The van der Waals surface area contributed by atoms with Gasteiger partial charge in [-0.25, -0.2) is 13.8 Å². The molecule has 0 aliphatic carbocycles. The summed E-state index contributed by atoms with van der Waals surface area (Å²) in [7, 11) is 0. The van der Waals surface area contributed by atoms with Crippen molar-refractivity contribution in [1.29, 1.82) is 0 Å². The number of aromatic nitrogens is 2. The Labute approximate surface area is 191 Å². The molecule has 3 heterocycles. The number of nitrogens with one attached hydrogen (secondary N) is 3. The number of hydrogen-bond donors (Lipinski definition) is 3. The Bertz CT molecular complexity index is 1020. The lowest BCUT2D eigenvalue weighted by atomic mass is 9.89. The van der Waals surface area contributed by atoms with E-state index in [1.54, 1.807) is 0 Å². The van der Waals surface area contributed by atoms with E-state index in [0.717, 1.165) is 36.2 Å². The van der Waals surface area contributed by atoms with Crippen molar-refractivity contribution in [2.24, 2.45) is 5.92 Å². The summed E-state index contributed by atoms with van der Waals surface area (Å²) in [5.41, 5.74) is 2.30. The average Bonchev–Trinajstić information content (AvgIpc) is 3.25. The van der Waals surface area contributed by atoms with Crippen LogP contribution in [0.3, 0.4) is 0 Å². The lowest BCUT2D eigenvalue weighted by molar-refractivity contribution is -0.117. The maximum atomic E-state index is 13.4. The molecule has 2 unspecified atom stereocenters. The Kier molecular flexibility index (Phi) is 7.19. The molecule has 9 heteroatoms. The molecule has 2 aromatic carbocycles. The highest BCUT2D eigenvalue weighted by Crippen LogP contribution is 2.33. The van der Waals surface area contributed by atoms with Crippen LogP contribution in [-0.2, 0) is 4.79 Å². The number of halogens is 4. The van der Waals surface area contributed by atoms with Crippen molar-refractivity contribution >= 4 is 47.4 Å². The van der Waals surface area contributed by atoms with E-state index in [2.05, 4.69) is 20.6 Å². The van der Waals surface area contributed by atoms with Crippen LogP contribution in [0.1, 0.15) is 32.1 Å². The largest absolute Gasteiger partial charge is 0.338 e. The first kappa shape index (κ1) is 23.4. The minimum absolute atomic E-state index is 0. The van der Waals surface area contributed by atoms with E-state index in [1.807, 2.05) is 24.3 Å². The van der Waals surface area contributed by atoms with E-state index in [-0.39, 0.29) is 30.7 Å². The number of piperidine rings is 1. The third-order valence-corrected chi connectivity index (χ3v) is 6.01. The number of carbonyl (C=O) groups is 1. The second-order valence-electron chi connectivity index (χ2n) is 8.17. The van der Waals surface area contributed by atoms with Gasteiger partial charge >= 0.3 is 0 Å². The molecule has 0 saturated carbocycles. The highest BCUT2D eigenvalue weighted by Gasteiger charge is 2.34. The summed E-state index contributed by atoms with van der Waals surface area (Å²) >= 11 is 0. The monoisotopic (exact) mass is 468 g/mol. The number of carbonyl (C=O) groups excluding carboxylic acids is 1. The normalized spacial score (nSPS) is 21.9. The van der Waals surface area contributed by atoms with E-state index in [4.69, 9.17) is 0 Å². The van der Waals surface area contributed by atoms with Crippen molar-refractivity contribution in [3.05, 3.63) is 48.0 Å². The fourth-order valence-corrected chi connectivity index (χ4v) is 4.67. The second-order valence-corrected chi connectivity index (χ2v) is 8.17. The van der Waals surface area contributed by atoms with Crippen LogP contribution in [-0.4, -0.2) is 28.0 Å². The molecule has 1 amide bonds. The summed E-state index contributed by atoms with van der Waals surface area (Å²) < 4.78 is 26.8. The van der Waals surface area contributed by atoms with Gasteiger partial charge in [-0.05, 0) is 55.9 Å². The smallest absolute Gasteiger partial charge is 0.224 e. The molecule has 31 heavy (non-hydrogen) atoms. The van der Waals surface area contributed by atoms with Crippen LogP contribution in [0.25, 0.3) is 22.4 Å².